The fraction of sp³-hybridized carbons (Fsp3) is 0.800. The summed E-state index contributed by atoms with van der Waals surface area (Å²) in [6, 6.07) is 0.369. The minimum Gasteiger partial charge on any atom is -0.394 e. The maximum absolute atomic E-state index is 12.5. The van der Waals surface area contributed by atoms with Gasteiger partial charge in [0.05, 0.1) is 24.9 Å². The summed E-state index contributed by atoms with van der Waals surface area (Å²) in [5.41, 5.74) is 1.35. The highest BCUT2D eigenvalue weighted by atomic mass is 32.1. The van der Waals surface area contributed by atoms with Crippen molar-refractivity contribution in [3.05, 3.63) is 15.6 Å². The van der Waals surface area contributed by atoms with Crippen LogP contribution >= 0.6 is 11.3 Å². The summed E-state index contributed by atoms with van der Waals surface area (Å²) in [5, 5.41) is 11.3. The summed E-state index contributed by atoms with van der Waals surface area (Å²) < 4.78 is 0. The van der Waals surface area contributed by atoms with Crippen LogP contribution in [0.2, 0.25) is 0 Å². The van der Waals surface area contributed by atoms with Crippen molar-refractivity contribution >= 4 is 17.2 Å². The molecule has 0 saturated carbocycles. The van der Waals surface area contributed by atoms with Gasteiger partial charge in [-0.2, -0.15) is 0 Å². The number of hydrogen-bond acceptors (Lipinski definition) is 5. The van der Waals surface area contributed by atoms with E-state index in [0.717, 1.165) is 38.9 Å². The highest BCUT2D eigenvalue weighted by Gasteiger charge is 2.49. The molecule has 0 aromatic carbocycles. The van der Waals surface area contributed by atoms with Crippen LogP contribution in [0.4, 0.5) is 0 Å². The second-order valence-electron chi connectivity index (χ2n) is 8.65. The lowest BCUT2D eigenvalue weighted by Crippen LogP contribution is -2.65. The zero-order valence-corrected chi connectivity index (χ0v) is 16.2. The van der Waals surface area contributed by atoms with Crippen LogP contribution in [0.1, 0.15) is 54.1 Å². The maximum atomic E-state index is 12.5. The Bertz CT molecular complexity index is 653. The number of thiazole rings is 1. The molecule has 1 amide bonds. The highest BCUT2D eigenvalue weighted by Crippen LogP contribution is 2.42. The summed E-state index contributed by atoms with van der Waals surface area (Å²) >= 11 is 1.92. The first-order valence-corrected chi connectivity index (χ1v) is 11.2. The molecule has 142 valence electrons. The first-order valence-electron chi connectivity index (χ1n) is 10.3. The number of rotatable bonds is 3. The van der Waals surface area contributed by atoms with E-state index >= 15 is 0 Å². The van der Waals surface area contributed by atoms with Crippen molar-refractivity contribution < 1.29 is 9.90 Å². The normalized spacial score (nSPS) is 34.5. The third-order valence-electron chi connectivity index (χ3n) is 7.01. The monoisotopic (exact) mass is 375 g/mol. The Morgan fingerprint density at radius 2 is 1.96 bits per heavy atom. The van der Waals surface area contributed by atoms with Crippen LogP contribution in [0.3, 0.4) is 0 Å². The van der Waals surface area contributed by atoms with Crippen LogP contribution in [0.15, 0.2) is 0 Å². The smallest absolute Gasteiger partial charge is 0.223 e. The first kappa shape index (κ1) is 17.1. The number of hydrogen-bond donors (Lipinski definition) is 1. The zero-order chi connectivity index (χ0) is 17.7. The summed E-state index contributed by atoms with van der Waals surface area (Å²) in [7, 11) is 0. The Labute approximate surface area is 159 Å². The number of aliphatic hydroxyl groups excluding tert-OH is 1. The van der Waals surface area contributed by atoms with E-state index in [1.165, 1.54) is 41.3 Å². The quantitative estimate of drug-likeness (QED) is 0.880. The van der Waals surface area contributed by atoms with Crippen molar-refractivity contribution in [3.8, 4) is 0 Å². The molecular formula is C20H29N3O2S. The minimum absolute atomic E-state index is 0.0244. The average Bonchev–Trinajstić information content (AvgIpc) is 3.05. The largest absolute Gasteiger partial charge is 0.394 e. The molecule has 1 aliphatic carbocycles. The van der Waals surface area contributed by atoms with E-state index < -0.39 is 0 Å². The number of fused-ring (bicyclic) bond motifs is 5. The van der Waals surface area contributed by atoms with Crippen molar-refractivity contribution in [2.24, 2.45) is 11.8 Å². The molecular weight excluding hydrogens is 346 g/mol. The summed E-state index contributed by atoms with van der Waals surface area (Å²) in [6.07, 6.45) is 8.93. The lowest BCUT2D eigenvalue weighted by molar-refractivity contribution is -0.155. The number of nitrogens with zero attached hydrogens (tertiary/aromatic N) is 3. The van der Waals surface area contributed by atoms with E-state index in [0.29, 0.717) is 24.3 Å². The van der Waals surface area contributed by atoms with Gasteiger partial charge in [-0.3, -0.25) is 9.69 Å². The maximum Gasteiger partial charge on any atom is 0.223 e. The molecule has 5 rings (SSSR count). The standard InChI is InChI=1S/C20H29N3O2S/c24-12-17-14-8-13(16-5-3-7-20(25)23(16)17)9-22(10-14)11-19-21-15-4-1-2-6-18(15)26-19/h13-14,16-17,24H,1-12H2/t13-,14+,16+,17+/m1/s1. The minimum atomic E-state index is 0.0244. The van der Waals surface area contributed by atoms with Gasteiger partial charge in [0.15, 0.2) is 0 Å². The molecule has 1 N–H and O–H groups in total. The second-order valence-corrected chi connectivity index (χ2v) is 9.81. The molecule has 3 aliphatic heterocycles. The van der Waals surface area contributed by atoms with E-state index in [-0.39, 0.29) is 18.6 Å². The van der Waals surface area contributed by atoms with Gasteiger partial charge in [-0.15, -0.1) is 11.3 Å². The van der Waals surface area contributed by atoms with Crippen molar-refractivity contribution in [1.82, 2.24) is 14.8 Å². The van der Waals surface area contributed by atoms with E-state index in [2.05, 4.69) is 9.80 Å². The Morgan fingerprint density at radius 1 is 1.12 bits per heavy atom. The van der Waals surface area contributed by atoms with Crippen LogP contribution < -0.4 is 0 Å². The molecule has 4 aliphatic rings. The fourth-order valence-corrected chi connectivity index (χ4v) is 7.10. The van der Waals surface area contributed by atoms with Crippen molar-refractivity contribution in [1.29, 1.82) is 0 Å². The molecule has 26 heavy (non-hydrogen) atoms. The van der Waals surface area contributed by atoms with Gasteiger partial charge >= 0.3 is 0 Å². The number of aromatic nitrogens is 1. The van der Waals surface area contributed by atoms with E-state index in [1.54, 1.807) is 0 Å². The van der Waals surface area contributed by atoms with Gasteiger partial charge < -0.3 is 10.0 Å². The molecule has 1 aromatic heterocycles. The lowest BCUT2D eigenvalue weighted by atomic mass is 9.72. The highest BCUT2D eigenvalue weighted by molar-refractivity contribution is 7.11. The average molecular weight is 376 g/mol. The number of aliphatic hydroxyl groups is 1. The third kappa shape index (κ3) is 2.90. The molecule has 6 heteroatoms. The van der Waals surface area contributed by atoms with E-state index in [1.807, 2.05) is 11.3 Å². The van der Waals surface area contributed by atoms with Crippen LogP contribution in [-0.2, 0) is 24.2 Å². The molecule has 3 fully saturated rings. The Balaban J connectivity index is 1.34. The van der Waals surface area contributed by atoms with Gasteiger partial charge in [0.1, 0.15) is 5.01 Å². The van der Waals surface area contributed by atoms with E-state index in [9.17, 15) is 9.90 Å². The number of amides is 1. The molecule has 0 spiro atoms. The first-order chi connectivity index (χ1) is 12.7. The summed E-state index contributed by atoms with van der Waals surface area (Å²) in [4.78, 5) is 23.6. The van der Waals surface area contributed by atoms with E-state index in [4.69, 9.17) is 4.98 Å². The molecule has 4 atom stereocenters. The van der Waals surface area contributed by atoms with Crippen molar-refractivity contribution in [2.45, 2.75) is 70.0 Å². The van der Waals surface area contributed by atoms with Gasteiger partial charge in [0, 0.05) is 30.4 Å². The van der Waals surface area contributed by atoms with Gasteiger partial charge in [-0.1, -0.05) is 0 Å². The number of aryl methyl sites for hydroxylation is 2. The molecule has 4 heterocycles. The zero-order valence-electron chi connectivity index (χ0n) is 15.4. The van der Waals surface area contributed by atoms with Crippen LogP contribution in [-0.4, -0.2) is 57.6 Å². The Hall–Kier alpha value is -0.980. The molecule has 1 aromatic rings. The van der Waals surface area contributed by atoms with Crippen LogP contribution in [0, 0.1) is 11.8 Å². The molecule has 5 nitrogen and oxygen atoms in total. The predicted octanol–water partition coefficient (Wildman–Crippen LogP) is 2.22. The lowest BCUT2D eigenvalue weighted by Gasteiger charge is -2.56. The molecule has 0 unspecified atom stereocenters. The van der Waals surface area contributed by atoms with Crippen LogP contribution in [0.25, 0.3) is 0 Å². The van der Waals surface area contributed by atoms with Crippen LogP contribution in [0.5, 0.6) is 0 Å². The Morgan fingerprint density at radius 3 is 2.81 bits per heavy atom. The number of carbonyl (C=O) groups excluding carboxylic acids is 1. The predicted molar refractivity (Wildman–Crippen MR) is 101 cm³/mol. The SMILES string of the molecule is O=C1CCC[C@H]2[C@@H]3C[C@@H](CN(Cc4nc5c(s4)CCCC5)C3)[C@H](CO)N12. The van der Waals surface area contributed by atoms with Crippen molar-refractivity contribution in [3.63, 3.8) is 0 Å². The molecule has 3 saturated heterocycles. The number of piperidine rings is 3. The van der Waals surface area contributed by atoms with Gasteiger partial charge in [-0.25, -0.2) is 4.98 Å². The third-order valence-corrected chi connectivity index (χ3v) is 8.15. The summed E-state index contributed by atoms with van der Waals surface area (Å²) in [5.74, 6) is 1.25. The number of likely N-dealkylation sites (tertiary alicyclic amines) is 1. The molecule has 2 bridgehead atoms. The topological polar surface area (TPSA) is 56.7 Å². The number of carbonyl (C=O) groups is 1. The summed E-state index contributed by atoms with van der Waals surface area (Å²) in [6.45, 7) is 3.12. The van der Waals surface area contributed by atoms with Gasteiger partial charge in [-0.05, 0) is 56.8 Å². The Kier molecular flexibility index (Phi) is 4.53. The van der Waals surface area contributed by atoms with Gasteiger partial charge in [0.2, 0.25) is 5.91 Å². The molecule has 0 radical (unpaired) electrons. The fourth-order valence-electron chi connectivity index (χ4n) is 5.90. The second kappa shape index (κ2) is 6.88. The van der Waals surface area contributed by atoms with Crippen molar-refractivity contribution in [2.75, 3.05) is 19.7 Å². The van der Waals surface area contributed by atoms with Gasteiger partial charge in [0.25, 0.3) is 0 Å².